The van der Waals surface area contributed by atoms with Crippen LogP contribution in [0, 0.1) is 28.1 Å². The number of aromatic nitrogens is 4. The lowest BCUT2D eigenvalue weighted by molar-refractivity contribution is -0.138. The summed E-state index contributed by atoms with van der Waals surface area (Å²) in [5.74, 6) is 0.497. The van der Waals surface area contributed by atoms with Crippen molar-refractivity contribution in [3.8, 4) is 34.7 Å². The number of nitrogens with one attached hydrogen (secondary N) is 1. The Kier molecular flexibility index (Phi) is 7.28. The van der Waals surface area contributed by atoms with Crippen molar-refractivity contribution in [3.63, 3.8) is 0 Å². The number of benzene rings is 2. The highest BCUT2D eigenvalue weighted by atomic mass is 19.4. The number of fused-ring (bicyclic) bond motifs is 1. The Balaban J connectivity index is 1.23. The lowest BCUT2D eigenvalue weighted by Crippen LogP contribution is -2.26. The molecule has 50 heavy (non-hydrogen) atoms. The van der Waals surface area contributed by atoms with Gasteiger partial charge in [-0.05, 0) is 116 Å². The number of carbonyl (C=O) groups excluding carboxylic acids is 1. The summed E-state index contributed by atoms with van der Waals surface area (Å²) in [6.07, 6.45) is 1.99. The van der Waals surface area contributed by atoms with Gasteiger partial charge in [0.25, 0.3) is 5.91 Å². The molecular weight excluding hydrogens is 643 g/mol. The van der Waals surface area contributed by atoms with Gasteiger partial charge in [-0.2, -0.15) is 23.7 Å². The Morgan fingerprint density at radius 1 is 1.02 bits per heavy atom. The van der Waals surface area contributed by atoms with Crippen LogP contribution < -0.4 is 10.2 Å². The zero-order valence-electron chi connectivity index (χ0n) is 27.7. The monoisotopic (exact) mass is 677 g/mol. The Hall–Kier alpha value is -5.27. The highest BCUT2D eigenvalue weighted by Gasteiger charge is 2.49. The van der Waals surface area contributed by atoms with Crippen LogP contribution in [0.15, 0.2) is 48.8 Å². The predicted octanol–water partition coefficient (Wildman–Crippen LogP) is 7.00. The lowest BCUT2D eigenvalue weighted by Gasteiger charge is -2.26. The normalized spacial score (nSPS) is 19.3. The van der Waals surface area contributed by atoms with Crippen LogP contribution in [0.3, 0.4) is 0 Å². The molecule has 10 nitrogen and oxygen atoms in total. The van der Waals surface area contributed by atoms with Gasteiger partial charge in [-0.1, -0.05) is 0 Å². The molecule has 2 aromatic carbocycles. The number of likely N-dealkylation sites (tertiary alicyclic amines) is 1. The van der Waals surface area contributed by atoms with Gasteiger partial charge in [-0.15, -0.1) is 10.2 Å². The number of nitriles is 2. The molecule has 2 aromatic heterocycles. The van der Waals surface area contributed by atoms with Gasteiger partial charge in [-0.3, -0.25) is 14.6 Å². The van der Waals surface area contributed by atoms with E-state index in [4.69, 9.17) is 4.98 Å². The standard InChI is InChI=1S/C37H34F3N9O/c1-22(48-12-10-35(20-48)5-6-35)24-14-28-29(30(15-24)37(38,39)40)19-49(34(28)50)32-17-25(16-31(44-32)45-36(7-8-36)9-11-41)27-13-23(18-42)3-4-26(27)33-46-43-21-47(33)2/h3-4,13-17,21-22H,5-10,12,19-20H2,1-2H3,(H,44,45)/t22-/m1/s1. The van der Waals surface area contributed by atoms with Gasteiger partial charge in [0.15, 0.2) is 5.82 Å². The maximum absolute atomic E-state index is 14.7. The Morgan fingerprint density at radius 3 is 2.46 bits per heavy atom. The fraction of sp³-hybridized carbons (Fsp3) is 0.405. The summed E-state index contributed by atoms with van der Waals surface area (Å²) in [6, 6.07) is 15.5. The summed E-state index contributed by atoms with van der Waals surface area (Å²) in [5.41, 5.74) is 1.65. The fourth-order valence-corrected chi connectivity index (χ4v) is 7.57. The quantitative estimate of drug-likeness (QED) is 0.211. The van der Waals surface area contributed by atoms with Gasteiger partial charge in [0, 0.05) is 30.8 Å². The van der Waals surface area contributed by atoms with Gasteiger partial charge in [0.2, 0.25) is 0 Å². The maximum atomic E-state index is 14.7. The number of anilines is 2. The van der Waals surface area contributed by atoms with E-state index in [-0.39, 0.29) is 36.0 Å². The van der Waals surface area contributed by atoms with E-state index in [1.165, 1.54) is 11.0 Å². The molecule has 13 heteroatoms. The van der Waals surface area contributed by atoms with Crippen molar-refractivity contribution in [1.82, 2.24) is 24.6 Å². The fourth-order valence-electron chi connectivity index (χ4n) is 7.57. The van der Waals surface area contributed by atoms with Crippen molar-refractivity contribution >= 4 is 17.5 Å². The van der Waals surface area contributed by atoms with Crippen molar-refractivity contribution in [2.24, 2.45) is 12.5 Å². The van der Waals surface area contributed by atoms with Crippen molar-refractivity contribution in [3.05, 3.63) is 76.6 Å². The summed E-state index contributed by atoms with van der Waals surface area (Å²) >= 11 is 0. The average Bonchev–Trinajstić information content (AvgIpc) is 3.88. The minimum absolute atomic E-state index is 0.0260. The molecule has 8 rings (SSSR count). The predicted molar refractivity (Wildman–Crippen MR) is 178 cm³/mol. The SMILES string of the molecule is C[C@H](c1cc2c(c(C(F)(F)F)c1)CN(c1cc(-c3cc(C#N)ccc3-c3nncn3C)cc(NC3(CC#N)CC3)n1)C2=O)N1CCC2(CC2)C1. The molecule has 2 aliphatic carbocycles. The zero-order chi connectivity index (χ0) is 35.0. The second-order valence-corrected chi connectivity index (χ2v) is 14.4. The molecular formula is C37H34F3N9O. The Bertz CT molecular complexity index is 2130. The third-order valence-electron chi connectivity index (χ3n) is 11.0. The van der Waals surface area contributed by atoms with Gasteiger partial charge in [0.1, 0.15) is 18.0 Å². The highest BCUT2D eigenvalue weighted by molar-refractivity contribution is 6.10. The van der Waals surface area contributed by atoms with Crippen LogP contribution in [-0.2, 0) is 19.8 Å². The number of pyridine rings is 1. The van der Waals surface area contributed by atoms with Crippen LogP contribution in [0.1, 0.15) is 84.1 Å². The van der Waals surface area contributed by atoms with Crippen LogP contribution in [0.5, 0.6) is 0 Å². The number of nitrogens with zero attached hydrogens (tertiary/aromatic N) is 8. The average molecular weight is 678 g/mol. The topological polar surface area (TPSA) is 127 Å². The molecule has 4 heterocycles. The first kappa shape index (κ1) is 32.0. The van der Waals surface area contributed by atoms with E-state index in [9.17, 15) is 28.5 Å². The molecule has 1 atom stereocenters. The van der Waals surface area contributed by atoms with Crippen molar-refractivity contribution in [2.75, 3.05) is 23.3 Å². The molecule has 1 amide bonds. The number of halogens is 3. The minimum Gasteiger partial charge on any atom is -0.364 e. The summed E-state index contributed by atoms with van der Waals surface area (Å²) in [7, 11) is 1.79. The second-order valence-electron chi connectivity index (χ2n) is 14.4. The molecule has 1 N–H and O–H groups in total. The van der Waals surface area contributed by atoms with Crippen LogP contribution in [0.25, 0.3) is 22.5 Å². The summed E-state index contributed by atoms with van der Waals surface area (Å²) < 4.78 is 45.9. The molecule has 3 fully saturated rings. The maximum Gasteiger partial charge on any atom is 0.416 e. The first-order valence-corrected chi connectivity index (χ1v) is 16.8. The molecule has 2 saturated carbocycles. The van der Waals surface area contributed by atoms with Crippen molar-refractivity contribution in [1.29, 1.82) is 10.5 Å². The summed E-state index contributed by atoms with van der Waals surface area (Å²) in [4.78, 5) is 22.5. The van der Waals surface area contributed by atoms with E-state index >= 15 is 0 Å². The van der Waals surface area contributed by atoms with E-state index in [1.54, 1.807) is 54.3 Å². The molecule has 254 valence electrons. The Labute approximate surface area is 287 Å². The van der Waals surface area contributed by atoms with E-state index in [1.807, 2.05) is 6.92 Å². The van der Waals surface area contributed by atoms with E-state index in [0.29, 0.717) is 44.9 Å². The van der Waals surface area contributed by atoms with Crippen LogP contribution >= 0.6 is 0 Å². The molecule has 4 aliphatic rings. The van der Waals surface area contributed by atoms with Gasteiger partial charge in [-0.25, -0.2) is 4.98 Å². The zero-order valence-corrected chi connectivity index (χ0v) is 27.7. The minimum atomic E-state index is -4.67. The molecule has 2 aliphatic heterocycles. The number of amides is 1. The van der Waals surface area contributed by atoms with Crippen molar-refractivity contribution < 1.29 is 18.0 Å². The number of carbonyl (C=O) groups is 1. The van der Waals surface area contributed by atoms with Crippen LogP contribution in [-0.4, -0.2) is 49.2 Å². The van der Waals surface area contributed by atoms with Crippen molar-refractivity contribution in [2.45, 2.75) is 69.8 Å². The number of aryl methyl sites for hydroxylation is 1. The van der Waals surface area contributed by atoms with E-state index in [2.05, 4.69) is 32.6 Å². The molecule has 0 radical (unpaired) electrons. The van der Waals surface area contributed by atoms with Crippen LogP contribution in [0.2, 0.25) is 0 Å². The first-order valence-electron chi connectivity index (χ1n) is 16.8. The summed E-state index contributed by atoms with van der Waals surface area (Å²) in [6.45, 7) is 3.29. The largest absolute Gasteiger partial charge is 0.416 e. The molecule has 0 unspecified atom stereocenters. The third kappa shape index (κ3) is 5.56. The van der Waals surface area contributed by atoms with Gasteiger partial charge >= 0.3 is 6.18 Å². The highest BCUT2D eigenvalue weighted by Crippen LogP contribution is 2.54. The third-order valence-corrected chi connectivity index (χ3v) is 11.0. The molecule has 4 aromatic rings. The number of alkyl halides is 3. The Morgan fingerprint density at radius 2 is 1.82 bits per heavy atom. The lowest BCUT2D eigenvalue weighted by atomic mass is 9.95. The van der Waals surface area contributed by atoms with Gasteiger partial charge < -0.3 is 9.88 Å². The van der Waals surface area contributed by atoms with Gasteiger partial charge in [0.05, 0.1) is 41.8 Å². The van der Waals surface area contributed by atoms with Crippen LogP contribution in [0.4, 0.5) is 24.8 Å². The number of rotatable bonds is 8. The molecule has 0 bridgehead atoms. The van der Waals surface area contributed by atoms with E-state index < -0.39 is 23.2 Å². The molecule has 1 saturated heterocycles. The number of hydrogen-bond donors (Lipinski definition) is 1. The summed E-state index contributed by atoms with van der Waals surface area (Å²) in [5, 5.41) is 30.9. The smallest absolute Gasteiger partial charge is 0.364 e. The first-order chi connectivity index (χ1) is 23.9. The number of hydrogen-bond acceptors (Lipinski definition) is 8. The second kappa shape index (κ2) is 11.4. The van der Waals surface area contributed by atoms with E-state index in [0.717, 1.165) is 45.2 Å². The molecule has 1 spiro atoms.